The minimum absolute atomic E-state index is 0.307. The van der Waals surface area contributed by atoms with Gasteiger partial charge in [-0.2, -0.15) is 9.37 Å². The number of thiazole rings is 1. The molecule has 0 N–H and O–H groups in total. The van der Waals surface area contributed by atoms with Gasteiger partial charge in [-0.1, -0.05) is 13.8 Å². The molecule has 1 aliphatic heterocycles. The van der Waals surface area contributed by atoms with Crippen LogP contribution in [-0.4, -0.2) is 52.9 Å². The van der Waals surface area contributed by atoms with Crippen molar-refractivity contribution in [1.29, 1.82) is 0 Å². The van der Waals surface area contributed by atoms with Crippen LogP contribution in [0.3, 0.4) is 0 Å². The molecule has 21 heavy (non-hydrogen) atoms. The van der Waals surface area contributed by atoms with E-state index in [1.165, 1.54) is 9.48 Å². The van der Waals surface area contributed by atoms with E-state index in [-0.39, 0.29) is 12.0 Å². The second-order valence-electron chi connectivity index (χ2n) is 5.41. The lowest BCUT2D eigenvalue weighted by Gasteiger charge is -2.12. The number of aromatic nitrogens is 1. The van der Waals surface area contributed by atoms with Crippen molar-refractivity contribution in [2.24, 2.45) is 0 Å². The fraction of sp³-hybridized carbons (Fsp3) is 0.571. The minimum atomic E-state index is -0.582. The van der Waals surface area contributed by atoms with Crippen molar-refractivity contribution in [3.8, 4) is 0 Å². The molecule has 0 aliphatic carbocycles. The van der Waals surface area contributed by atoms with Crippen molar-refractivity contribution in [3.05, 3.63) is 16.1 Å². The largest absolute Gasteiger partial charge is 0.493 e. The first-order chi connectivity index (χ1) is 9.90. The Morgan fingerprint density at radius 1 is 1.67 bits per heavy atom. The summed E-state index contributed by atoms with van der Waals surface area (Å²) >= 11 is 1.59. The van der Waals surface area contributed by atoms with Gasteiger partial charge in [0.1, 0.15) is 6.54 Å². The lowest BCUT2D eigenvalue weighted by Crippen LogP contribution is -2.41. The molecule has 1 aromatic heterocycles. The fourth-order valence-electron chi connectivity index (χ4n) is 2.09. The first-order valence-corrected chi connectivity index (χ1v) is 7.74. The van der Waals surface area contributed by atoms with E-state index in [2.05, 4.69) is 25.5 Å². The zero-order valence-corrected chi connectivity index (χ0v) is 13.4. The summed E-state index contributed by atoms with van der Waals surface area (Å²) in [5, 5.41) is 3.01. The molecule has 0 radical (unpaired) electrons. The van der Waals surface area contributed by atoms with Gasteiger partial charge in [-0.3, -0.25) is 0 Å². The van der Waals surface area contributed by atoms with Crippen LogP contribution in [-0.2, 0) is 16.1 Å². The number of carbonyl (C=O) groups is 2. The molecule has 2 heterocycles. The molecule has 0 spiro atoms. The van der Waals surface area contributed by atoms with E-state index < -0.39 is 6.04 Å². The third-order valence-electron chi connectivity index (χ3n) is 3.32. The van der Waals surface area contributed by atoms with E-state index in [1.54, 1.807) is 18.4 Å². The summed E-state index contributed by atoms with van der Waals surface area (Å²) in [6.07, 6.45) is 0.496. The lowest BCUT2D eigenvalue weighted by molar-refractivity contribution is -0.455. The predicted molar refractivity (Wildman–Crippen MR) is 79.8 cm³/mol. The van der Waals surface area contributed by atoms with E-state index in [4.69, 9.17) is 4.74 Å². The van der Waals surface area contributed by atoms with Crippen LogP contribution >= 0.6 is 11.3 Å². The molecule has 1 atom stereocenters. The Hall–Kier alpha value is -1.76. The van der Waals surface area contributed by atoms with Crippen LogP contribution in [0, 0.1) is 0 Å². The Kier molecular flexibility index (Phi) is 4.72. The number of amides is 2. The molecular weight excluding hydrogens is 290 g/mol. The van der Waals surface area contributed by atoms with E-state index >= 15 is 0 Å². The van der Waals surface area contributed by atoms with E-state index in [0.717, 1.165) is 10.7 Å². The predicted octanol–water partition coefficient (Wildman–Crippen LogP) is 1.85. The average molecular weight is 310 g/mol. The minimum Gasteiger partial charge on any atom is -0.462 e. The molecule has 0 aromatic carbocycles. The second-order valence-corrected chi connectivity index (χ2v) is 6.30. The lowest BCUT2D eigenvalue weighted by atomic mass is 10.2. The molecule has 1 unspecified atom stereocenters. The monoisotopic (exact) mass is 310 g/mol. The quantitative estimate of drug-likeness (QED) is 0.484. The Balaban J connectivity index is 1.98. The highest BCUT2D eigenvalue weighted by Gasteiger charge is 2.37. The number of cyclic esters (lactones) is 1. The molecule has 6 nitrogen and oxygen atoms in total. The number of rotatable bonds is 4. The maximum atomic E-state index is 12.3. The van der Waals surface area contributed by atoms with Gasteiger partial charge in [0, 0.05) is 17.7 Å². The van der Waals surface area contributed by atoms with Crippen LogP contribution < -0.4 is 0 Å². The molecule has 1 saturated heterocycles. The average Bonchev–Trinajstić information content (AvgIpc) is 3.06. The molecule has 2 amide bonds. The molecule has 0 saturated carbocycles. The van der Waals surface area contributed by atoms with E-state index in [9.17, 15) is 9.59 Å². The highest BCUT2D eigenvalue weighted by Crippen LogP contribution is 2.20. The summed E-state index contributed by atoms with van der Waals surface area (Å²) in [7, 11) is 1.68. The van der Waals surface area contributed by atoms with Gasteiger partial charge in [0.15, 0.2) is 0 Å². The van der Waals surface area contributed by atoms with Crippen LogP contribution in [0.4, 0.5) is 4.79 Å². The summed E-state index contributed by atoms with van der Waals surface area (Å²) in [4.78, 5) is 29.8. The van der Waals surface area contributed by atoms with Gasteiger partial charge in [-0.25, -0.2) is 14.7 Å². The first-order valence-electron chi connectivity index (χ1n) is 6.86. The highest BCUT2D eigenvalue weighted by molar-refractivity contribution is 7.09. The topological polar surface area (TPSA) is 62.5 Å². The molecule has 114 valence electrons. The maximum absolute atomic E-state index is 12.3. The van der Waals surface area contributed by atoms with Gasteiger partial charge >= 0.3 is 12.0 Å². The second kappa shape index (κ2) is 6.34. The zero-order valence-electron chi connectivity index (χ0n) is 12.5. The standard InChI is InChI=1S/C14H20N3O3S/c1-9(2)12-15-10(8-21-12)7-16(3)14(19)17(4)11-5-6-20-13(11)18/h8-9,11H,4-7H2,1-3H3/q+1. The Bertz CT molecular complexity index is 568. The van der Waals surface area contributed by atoms with E-state index in [0.29, 0.717) is 25.5 Å². The van der Waals surface area contributed by atoms with Crippen molar-refractivity contribution in [1.82, 2.24) is 9.88 Å². The molecule has 0 bridgehead atoms. The van der Waals surface area contributed by atoms with Crippen molar-refractivity contribution in [3.63, 3.8) is 0 Å². The number of carbonyl (C=O) groups excluding carboxylic acids is 2. The fourth-order valence-corrected chi connectivity index (χ4v) is 2.92. The zero-order chi connectivity index (χ0) is 15.6. The third kappa shape index (κ3) is 3.47. The number of hydrogen-bond acceptors (Lipinski definition) is 5. The van der Waals surface area contributed by atoms with Gasteiger partial charge in [-0.15, -0.1) is 11.3 Å². The van der Waals surface area contributed by atoms with Gasteiger partial charge in [0.25, 0.3) is 0 Å². The van der Waals surface area contributed by atoms with E-state index in [1.807, 2.05) is 5.38 Å². The van der Waals surface area contributed by atoms with Gasteiger partial charge in [0.05, 0.1) is 31.1 Å². The van der Waals surface area contributed by atoms with Gasteiger partial charge < -0.3 is 4.74 Å². The summed E-state index contributed by atoms with van der Waals surface area (Å²) in [5.41, 5.74) is 0.849. The number of hydrogen-bond donors (Lipinski definition) is 0. The van der Waals surface area contributed by atoms with Crippen LogP contribution in [0.25, 0.3) is 0 Å². The van der Waals surface area contributed by atoms with Crippen LogP contribution in [0.2, 0.25) is 0 Å². The summed E-state index contributed by atoms with van der Waals surface area (Å²) in [6, 6.07) is -0.889. The first kappa shape index (κ1) is 15.6. The molecule has 1 aliphatic rings. The maximum Gasteiger partial charge on any atom is 0.493 e. The number of esters is 1. The molecule has 1 aromatic rings. The third-order valence-corrected chi connectivity index (χ3v) is 4.51. The number of ether oxygens (including phenoxy) is 1. The van der Waals surface area contributed by atoms with Crippen molar-refractivity contribution in [2.75, 3.05) is 13.7 Å². The molecular formula is C14H20N3O3S+. The summed E-state index contributed by atoms with van der Waals surface area (Å²) < 4.78 is 6.06. The number of nitrogens with zero attached hydrogens (tertiary/aromatic N) is 3. The smallest absolute Gasteiger partial charge is 0.462 e. The van der Waals surface area contributed by atoms with Crippen molar-refractivity contribution in [2.45, 2.75) is 38.8 Å². The highest BCUT2D eigenvalue weighted by atomic mass is 32.1. The van der Waals surface area contributed by atoms with Crippen molar-refractivity contribution >= 4 is 30.1 Å². The van der Waals surface area contributed by atoms with Crippen LogP contribution in [0.5, 0.6) is 0 Å². The Morgan fingerprint density at radius 3 is 2.90 bits per heavy atom. The van der Waals surface area contributed by atoms with Crippen LogP contribution in [0.1, 0.15) is 36.9 Å². The van der Waals surface area contributed by atoms with Crippen LogP contribution in [0.15, 0.2) is 5.38 Å². The SMILES string of the molecule is C=[N+](C(=O)N(C)Cc1csc(C(C)C)n1)C1CCOC1=O. The number of urea groups is 1. The normalized spacial score (nSPS) is 17.9. The Morgan fingerprint density at radius 2 is 2.38 bits per heavy atom. The molecule has 2 rings (SSSR count). The summed E-state index contributed by atoms with van der Waals surface area (Å²) in [6.45, 7) is 8.60. The summed E-state index contributed by atoms with van der Waals surface area (Å²) in [5.74, 6) is -0.00939. The van der Waals surface area contributed by atoms with Gasteiger partial charge in [0.2, 0.25) is 6.04 Å². The van der Waals surface area contributed by atoms with Gasteiger partial charge in [-0.05, 0) is 0 Å². The van der Waals surface area contributed by atoms with Crippen molar-refractivity contribution < 1.29 is 18.9 Å². The molecule has 1 fully saturated rings. The Labute approximate surface area is 128 Å². The molecule has 7 heteroatoms.